The molecule has 0 fully saturated rings. The lowest BCUT2D eigenvalue weighted by Crippen LogP contribution is -2.38. The van der Waals surface area contributed by atoms with Crippen LogP contribution in [0.2, 0.25) is 0 Å². The molecule has 8 heteroatoms. The summed E-state index contributed by atoms with van der Waals surface area (Å²) < 4.78 is 6.59. The first-order valence-corrected chi connectivity index (χ1v) is 8.30. The Kier molecular flexibility index (Phi) is 3.87. The van der Waals surface area contributed by atoms with Crippen molar-refractivity contribution in [1.82, 2.24) is 19.6 Å². The van der Waals surface area contributed by atoms with Crippen molar-refractivity contribution in [3.63, 3.8) is 0 Å². The Bertz CT molecular complexity index is 1010. The molecule has 2 aromatic heterocycles. The van der Waals surface area contributed by atoms with Crippen LogP contribution in [-0.2, 0) is 16.0 Å². The van der Waals surface area contributed by atoms with Gasteiger partial charge in [0.1, 0.15) is 0 Å². The highest BCUT2D eigenvalue weighted by molar-refractivity contribution is 5.98. The smallest absolute Gasteiger partial charge is 0.378 e. The average molecular weight is 351 g/mol. The number of carbonyl (C=O) groups excluding carboxylic acids is 2. The first-order valence-electron chi connectivity index (χ1n) is 8.30. The minimum Gasteiger partial charge on any atom is -0.450 e. The molecule has 0 bridgehead atoms. The second kappa shape index (κ2) is 6.21. The van der Waals surface area contributed by atoms with Crippen LogP contribution in [-0.4, -0.2) is 44.1 Å². The molecular formula is C18H17N5O3. The van der Waals surface area contributed by atoms with E-state index in [4.69, 9.17) is 4.74 Å². The summed E-state index contributed by atoms with van der Waals surface area (Å²) >= 11 is 0. The summed E-state index contributed by atoms with van der Waals surface area (Å²) in [5.74, 6) is -0.822. The molecule has 0 unspecified atom stereocenters. The Balaban J connectivity index is 1.47. The zero-order valence-electron chi connectivity index (χ0n) is 14.4. The van der Waals surface area contributed by atoms with Crippen molar-refractivity contribution < 1.29 is 14.3 Å². The fraction of sp³-hybridized carbons (Fsp3) is 0.278. The maximum Gasteiger partial charge on any atom is 0.378 e. The Morgan fingerprint density at radius 1 is 1.27 bits per heavy atom. The van der Waals surface area contributed by atoms with E-state index < -0.39 is 5.97 Å². The SMILES string of the molecule is Cc1ccnc2nc(C(=O)OCC(=O)N3c4ccccc4C[C@H]3C)nn12. The number of aryl methyl sites for hydroxylation is 1. The number of hydrogen-bond donors (Lipinski definition) is 0. The number of hydrogen-bond acceptors (Lipinski definition) is 6. The quantitative estimate of drug-likeness (QED) is 0.666. The van der Waals surface area contributed by atoms with E-state index in [-0.39, 0.29) is 24.4 Å². The van der Waals surface area contributed by atoms with Crippen LogP contribution in [0.15, 0.2) is 36.5 Å². The van der Waals surface area contributed by atoms with E-state index in [2.05, 4.69) is 15.1 Å². The lowest BCUT2D eigenvalue weighted by molar-refractivity contribution is -0.122. The molecule has 1 aliphatic heterocycles. The van der Waals surface area contributed by atoms with E-state index in [1.165, 1.54) is 4.52 Å². The predicted molar refractivity (Wildman–Crippen MR) is 92.9 cm³/mol. The van der Waals surface area contributed by atoms with Gasteiger partial charge in [-0.15, -0.1) is 5.10 Å². The number of aromatic nitrogens is 4. The van der Waals surface area contributed by atoms with Crippen LogP contribution in [0.5, 0.6) is 0 Å². The first-order chi connectivity index (χ1) is 12.5. The maximum absolute atomic E-state index is 12.6. The molecule has 0 saturated heterocycles. The molecule has 4 rings (SSSR count). The topological polar surface area (TPSA) is 89.7 Å². The number of ether oxygens (including phenoxy) is 1. The van der Waals surface area contributed by atoms with E-state index >= 15 is 0 Å². The molecule has 1 atom stereocenters. The zero-order valence-corrected chi connectivity index (χ0v) is 14.4. The third-order valence-corrected chi connectivity index (χ3v) is 4.42. The van der Waals surface area contributed by atoms with E-state index in [1.807, 2.05) is 38.1 Å². The summed E-state index contributed by atoms with van der Waals surface area (Å²) in [7, 11) is 0. The van der Waals surface area contributed by atoms with Gasteiger partial charge in [0.2, 0.25) is 0 Å². The van der Waals surface area contributed by atoms with Gasteiger partial charge >= 0.3 is 5.97 Å². The van der Waals surface area contributed by atoms with Crippen LogP contribution in [0.4, 0.5) is 5.69 Å². The third-order valence-electron chi connectivity index (χ3n) is 4.42. The van der Waals surface area contributed by atoms with Crippen molar-refractivity contribution in [3.8, 4) is 0 Å². The van der Waals surface area contributed by atoms with Crippen molar-refractivity contribution in [2.45, 2.75) is 26.3 Å². The van der Waals surface area contributed by atoms with Crippen LogP contribution < -0.4 is 4.90 Å². The molecule has 26 heavy (non-hydrogen) atoms. The minimum absolute atomic E-state index is 0.0266. The Morgan fingerprint density at radius 3 is 2.88 bits per heavy atom. The van der Waals surface area contributed by atoms with Gasteiger partial charge in [-0.3, -0.25) is 4.79 Å². The van der Waals surface area contributed by atoms with E-state index in [9.17, 15) is 9.59 Å². The molecule has 0 aliphatic carbocycles. The van der Waals surface area contributed by atoms with E-state index in [1.54, 1.807) is 17.2 Å². The fourth-order valence-corrected chi connectivity index (χ4v) is 3.20. The van der Waals surface area contributed by atoms with Crippen molar-refractivity contribution >= 4 is 23.3 Å². The lowest BCUT2D eigenvalue weighted by Gasteiger charge is -2.22. The van der Waals surface area contributed by atoms with Crippen LogP contribution >= 0.6 is 0 Å². The number of benzene rings is 1. The Morgan fingerprint density at radius 2 is 2.08 bits per heavy atom. The number of esters is 1. The highest BCUT2D eigenvalue weighted by Crippen LogP contribution is 2.31. The van der Waals surface area contributed by atoms with E-state index in [0.29, 0.717) is 5.78 Å². The minimum atomic E-state index is -0.747. The summed E-state index contributed by atoms with van der Waals surface area (Å²) in [4.78, 5) is 34.5. The number of anilines is 1. The lowest BCUT2D eigenvalue weighted by atomic mass is 10.1. The second-order valence-electron chi connectivity index (χ2n) is 6.26. The number of para-hydroxylation sites is 1. The summed E-state index contributed by atoms with van der Waals surface area (Å²) in [6.07, 6.45) is 2.37. The monoisotopic (exact) mass is 351 g/mol. The number of fused-ring (bicyclic) bond motifs is 2. The molecule has 0 saturated carbocycles. The van der Waals surface area contributed by atoms with Crippen molar-refractivity contribution in [2.75, 3.05) is 11.5 Å². The summed E-state index contributed by atoms with van der Waals surface area (Å²) in [6.45, 7) is 3.44. The van der Waals surface area contributed by atoms with Gasteiger partial charge in [0.15, 0.2) is 6.61 Å². The highest BCUT2D eigenvalue weighted by atomic mass is 16.5. The van der Waals surface area contributed by atoms with E-state index in [0.717, 1.165) is 23.4 Å². The number of amides is 1. The largest absolute Gasteiger partial charge is 0.450 e. The van der Waals surface area contributed by atoms with Crippen molar-refractivity contribution in [2.24, 2.45) is 0 Å². The Labute approximate surface area is 149 Å². The molecule has 132 valence electrons. The molecule has 3 heterocycles. The van der Waals surface area contributed by atoms with Gasteiger partial charge in [-0.1, -0.05) is 18.2 Å². The fourth-order valence-electron chi connectivity index (χ4n) is 3.20. The third kappa shape index (κ3) is 2.69. The molecule has 1 aliphatic rings. The summed E-state index contributed by atoms with van der Waals surface area (Å²) in [5.41, 5.74) is 2.77. The van der Waals surface area contributed by atoms with Crippen molar-refractivity contribution in [1.29, 1.82) is 0 Å². The molecule has 0 radical (unpaired) electrons. The second-order valence-corrected chi connectivity index (χ2v) is 6.26. The molecule has 8 nitrogen and oxygen atoms in total. The Hall–Kier alpha value is -3.29. The predicted octanol–water partition coefficient (Wildman–Crippen LogP) is 1.57. The zero-order chi connectivity index (χ0) is 18.3. The highest BCUT2D eigenvalue weighted by Gasteiger charge is 2.31. The van der Waals surface area contributed by atoms with Crippen LogP contribution in [0, 0.1) is 6.92 Å². The van der Waals surface area contributed by atoms with Crippen molar-refractivity contribution in [3.05, 3.63) is 53.6 Å². The molecule has 0 spiro atoms. The maximum atomic E-state index is 12.6. The van der Waals surface area contributed by atoms with Crippen LogP contribution in [0.3, 0.4) is 0 Å². The first kappa shape index (κ1) is 16.2. The number of carbonyl (C=O) groups is 2. The van der Waals surface area contributed by atoms with Gasteiger partial charge in [0.05, 0.1) is 0 Å². The number of nitrogens with zero attached hydrogens (tertiary/aromatic N) is 5. The molecule has 1 amide bonds. The molecular weight excluding hydrogens is 334 g/mol. The standard InChI is InChI=1S/C18H17N5O3/c1-11-7-8-19-18-20-16(21-23(11)18)17(25)26-10-15(24)22-12(2)9-13-5-3-4-6-14(13)22/h3-8,12H,9-10H2,1-2H3/t12-/m1/s1. The molecule has 3 aromatic rings. The van der Waals surface area contributed by atoms with Crippen LogP contribution in [0.25, 0.3) is 5.78 Å². The summed E-state index contributed by atoms with van der Waals surface area (Å²) in [5, 5.41) is 4.08. The summed E-state index contributed by atoms with van der Waals surface area (Å²) in [6, 6.07) is 9.52. The molecule has 1 aromatic carbocycles. The van der Waals surface area contributed by atoms with Gasteiger partial charge in [-0.2, -0.15) is 4.98 Å². The number of rotatable bonds is 3. The molecule has 0 N–H and O–H groups in total. The average Bonchev–Trinajstić information content (AvgIpc) is 3.20. The van der Waals surface area contributed by atoms with Gasteiger partial charge in [0.25, 0.3) is 17.5 Å². The van der Waals surface area contributed by atoms with Crippen LogP contribution in [0.1, 0.15) is 28.8 Å². The normalized spacial score (nSPS) is 15.9. The van der Waals surface area contributed by atoms with Gasteiger partial charge in [-0.05, 0) is 38.0 Å². The van der Waals surface area contributed by atoms with Gasteiger partial charge < -0.3 is 9.64 Å². The van der Waals surface area contributed by atoms with Gasteiger partial charge in [0, 0.05) is 23.6 Å². The van der Waals surface area contributed by atoms with Gasteiger partial charge in [-0.25, -0.2) is 14.3 Å².